The summed E-state index contributed by atoms with van der Waals surface area (Å²) >= 11 is 1.32. The van der Waals surface area contributed by atoms with Crippen LogP contribution in [-0.4, -0.2) is 16.1 Å². The van der Waals surface area contributed by atoms with Gasteiger partial charge in [-0.2, -0.15) is 5.26 Å². The summed E-state index contributed by atoms with van der Waals surface area (Å²) in [6, 6.07) is 13.7. The molecule has 88 valence electrons. The lowest BCUT2D eigenvalue weighted by Gasteiger charge is -2.02. The monoisotopic (exact) mass is 256 g/mol. The largest absolute Gasteiger partial charge is 0.478 e. The third-order valence-corrected chi connectivity index (χ3v) is 3.07. The van der Waals surface area contributed by atoms with Crippen molar-refractivity contribution in [2.24, 2.45) is 0 Å². The Hall–Kier alpha value is -2.32. The summed E-state index contributed by atoms with van der Waals surface area (Å²) in [5.41, 5.74) is 0.575. The minimum Gasteiger partial charge on any atom is -0.478 e. The number of aromatic carboxylic acids is 1. The van der Waals surface area contributed by atoms with E-state index in [9.17, 15) is 4.79 Å². The van der Waals surface area contributed by atoms with E-state index in [2.05, 4.69) is 4.98 Å². The maximum atomic E-state index is 10.8. The van der Waals surface area contributed by atoms with Crippen LogP contribution in [0.3, 0.4) is 0 Å². The van der Waals surface area contributed by atoms with Crippen molar-refractivity contribution in [2.75, 3.05) is 0 Å². The summed E-state index contributed by atoms with van der Waals surface area (Å²) in [7, 11) is 0. The molecule has 0 spiro atoms. The standard InChI is InChI=1S/C13H8N2O2S/c14-8-10-4-2-6-12(15-10)18-11-5-1-3-9(7-11)13(16)17/h1-7H,(H,16,17). The lowest BCUT2D eigenvalue weighted by Crippen LogP contribution is -1.95. The number of aromatic nitrogens is 1. The van der Waals surface area contributed by atoms with Crippen LogP contribution >= 0.6 is 11.8 Å². The Balaban J connectivity index is 2.26. The van der Waals surface area contributed by atoms with Gasteiger partial charge in [0.05, 0.1) is 5.56 Å². The highest BCUT2D eigenvalue weighted by Crippen LogP contribution is 2.26. The van der Waals surface area contributed by atoms with Gasteiger partial charge in [0.1, 0.15) is 16.8 Å². The van der Waals surface area contributed by atoms with E-state index in [1.54, 1.807) is 36.4 Å². The molecule has 18 heavy (non-hydrogen) atoms. The second-order valence-corrected chi connectivity index (χ2v) is 4.50. The zero-order valence-electron chi connectivity index (χ0n) is 9.20. The SMILES string of the molecule is N#Cc1cccc(Sc2cccc(C(=O)O)c2)n1. The Morgan fingerprint density at radius 3 is 2.78 bits per heavy atom. The number of hydrogen-bond acceptors (Lipinski definition) is 4. The molecule has 0 aliphatic rings. The fraction of sp³-hybridized carbons (Fsp3) is 0. The Labute approximate surface area is 108 Å². The molecule has 0 fully saturated rings. The lowest BCUT2D eigenvalue weighted by atomic mass is 10.2. The minimum absolute atomic E-state index is 0.233. The normalized spacial score (nSPS) is 9.72. The maximum Gasteiger partial charge on any atom is 0.335 e. The first-order valence-corrected chi connectivity index (χ1v) is 5.89. The first-order chi connectivity index (χ1) is 8.69. The minimum atomic E-state index is -0.962. The van der Waals surface area contributed by atoms with Crippen LogP contribution in [0.1, 0.15) is 16.1 Å². The van der Waals surface area contributed by atoms with E-state index in [0.717, 1.165) is 4.90 Å². The summed E-state index contributed by atoms with van der Waals surface area (Å²) in [6.07, 6.45) is 0. The highest BCUT2D eigenvalue weighted by atomic mass is 32.2. The number of carbonyl (C=O) groups is 1. The Kier molecular flexibility index (Phi) is 3.60. The number of carboxylic acids is 1. The van der Waals surface area contributed by atoms with Gasteiger partial charge in [0, 0.05) is 4.90 Å². The van der Waals surface area contributed by atoms with E-state index in [1.807, 2.05) is 6.07 Å². The van der Waals surface area contributed by atoms with Crippen LogP contribution in [0.5, 0.6) is 0 Å². The fourth-order valence-electron chi connectivity index (χ4n) is 1.35. The molecule has 2 aromatic rings. The van der Waals surface area contributed by atoms with E-state index in [0.29, 0.717) is 10.7 Å². The van der Waals surface area contributed by atoms with Crippen LogP contribution < -0.4 is 0 Å². The maximum absolute atomic E-state index is 10.8. The average molecular weight is 256 g/mol. The molecule has 0 unspecified atom stereocenters. The molecule has 0 aliphatic carbocycles. The zero-order chi connectivity index (χ0) is 13.0. The molecular weight excluding hydrogens is 248 g/mol. The number of nitrogens with zero attached hydrogens (tertiary/aromatic N) is 2. The van der Waals surface area contributed by atoms with Crippen LogP contribution in [0.4, 0.5) is 0 Å². The van der Waals surface area contributed by atoms with Gasteiger partial charge in [-0.25, -0.2) is 9.78 Å². The highest BCUT2D eigenvalue weighted by molar-refractivity contribution is 7.99. The third kappa shape index (κ3) is 2.87. The molecule has 0 bridgehead atoms. The van der Waals surface area contributed by atoms with Crippen LogP contribution in [0.25, 0.3) is 0 Å². The summed E-state index contributed by atoms with van der Waals surface area (Å²) in [6.45, 7) is 0. The van der Waals surface area contributed by atoms with Gasteiger partial charge in [0.25, 0.3) is 0 Å². The van der Waals surface area contributed by atoms with Gasteiger partial charge >= 0.3 is 5.97 Å². The van der Waals surface area contributed by atoms with Gasteiger partial charge in [0.2, 0.25) is 0 Å². The second-order valence-electron chi connectivity index (χ2n) is 3.41. The fourth-order valence-corrected chi connectivity index (χ4v) is 2.21. The molecule has 0 saturated carbocycles. The second kappa shape index (κ2) is 5.34. The Morgan fingerprint density at radius 2 is 2.06 bits per heavy atom. The van der Waals surface area contributed by atoms with Crippen LogP contribution in [0, 0.1) is 11.3 Å². The van der Waals surface area contributed by atoms with Crippen LogP contribution in [-0.2, 0) is 0 Å². The molecule has 5 heteroatoms. The molecule has 0 saturated heterocycles. The quantitative estimate of drug-likeness (QED) is 0.914. The lowest BCUT2D eigenvalue weighted by molar-refractivity contribution is 0.0696. The molecule has 1 heterocycles. The van der Waals surface area contributed by atoms with Gasteiger partial charge in [0.15, 0.2) is 0 Å². The van der Waals surface area contributed by atoms with Crippen molar-refractivity contribution in [3.63, 3.8) is 0 Å². The highest BCUT2D eigenvalue weighted by Gasteiger charge is 2.05. The van der Waals surface area contributed by atoms with E-state index in [4.69, 9.17) is 10.4 Å². The van der Waals surface area contributed by atoms with Crippen molar-refractivity contribution in [2.45, 2.75) is 9.92 Å². The first kappa shape index (κ1) is 12.1. The molecule has 0 atom stereocenters. The topological polar surface area (TPSA) is 74.0 Å². The predicted molar refractivity (Wildman–Crippen MR) is 66.5 cm³/mol. The smallest absolute Gasteiger partial charge is 0.335 e. The van der Waals surface area contributed by atoms with Crippen molar-refractivity contribution in [1.82, 2.24) is 4.98 Å². The number of nitriles is 1. The number of pyridine rings is 1. The molecule has 1 aromatic heterocycles. The summed E-state index contributed by atoms with van der Waals surface area (Å²) in [5.74, 6) is -0.962. The summed E-state index contributed by atoms with van der Waals surface area (Å²) in [5, 5.41) is 18.3. The molecule has 0 radical (unpaired) electrons. The Morgan fingerprint density at radius 1 is 1.28 bits per heavy atom. The van der Waals surface area contributed by atoms with Gasteiger partial charge < -0.3 is 5.11 Å². The van der Waals surface area contributed by atoms with Gasteiger partial charge in [-0.05, 0) is 30.3 Å². The summed E-state index contributed by atoms with van der Waals surface area (Å²) in [4.78, 5) is 15.7. The zero-order valence-corrected chi connectivity index (χ0v) is 10.0. The first-order valence-electron chi connectivity index (χ1n) is 5.07. The molecule has 1 N–H and O–H groups in total. The summed E-state index contributed by atoms with van der Waals surface area (Å²) < 4.78 is 0. The van der Waals surface area contributed by atoms with Crippen LogP contribution in [0.2, 0.25) is 0 Å². The number of carboxylic acid groups (broad SMARTS) is 1. The van der Waals surface area contributed by atoms with E-state index in [1.165, 1.54) is 17.8 Å². The molecular formula is C13H8N2O2S. The van der Waals surface area contributed by atoms with E-state index in [-0.39, 0.29) is 5.56 Å². The van der Waals surface area contributed by atoms with Crippen LogP contribution in [0.15, 0.2) is 52.4 Å². The van der Waals surface area contributed by atoms with Gasteiger partial charge in [-0.3, -0.25) is 0 Å². The number of hydrogen-bond donors (Lipinski definition) is 1. The van der Waals surface area contributed by atoms with E-state index < -0.39 is 5.97 Å². The van der Waals surface area contributed by atoms with E-state index >= 15 is 0 Å². The van der Waals surface area contributed by atoms with Crippen molar-refractivity contribution >= 4 is 17.7 Å². The predicted octanol–water partition coefficient (Wildman–Crippen LogP) is 2.80. The third-order valence-electron chi connectivity index (χ3n) is 2.14. The van der Waals surface area contributed by atoms with Crippen molar-refractivity contribution in [1.29, 1.82) is 5.26 Å². The average Bonchev–Trinajstić information content (AvgIpc) is 2.39. The van der Waals surface area contributed by atoms with Crippen molar-refractivity contribution in [3.8, 4) is 6.07 Å². The van der Waals surface area contributed by atoms with Gasteiger partial charge in [-0.15, -0.1) is 0 Å². The number of benzene rings is 1. The molecule has 2 rings (SSSR count). The molecule has 4 nitrogen and oxygen atoms in total. The Bertz CT molecular complexity index is 635. The molecule has 1 aromatic carbocycles. The van der Waals surface area contributed by atoms with Gasteiger partial charge in [-0.1, -0.05) is 23.9 Å². The molecule has 0 aliphatic heterocycles. The number of rotatable bonds is 3. The van der Waals surface area contributed by atoms with Crippen molar-refractivity contribution in [3.05, 3.63) is 53.7 Å². The van der Waals surface area contributed by atoms with Crippen molar-refractivity contribution < 1.29 is 9.90 Å². The molecule has 0 amide bonds.